The first kappa shape index (κ1) is 45.3. The standard InChI is InChI=1S/C48H53O11PS/c1-6-23-57-48-44(59-46(60(50)51)26-35(24-33-13-9-7-10-14-33)25-34-15-11-8-12-16-34)27-38(30-45(48)61(52,53)31-32(2)49)36-17-19-37(20-18-36)40-21-22-41(58-40)39-28-42(54-3)47(56-5)43(29-39)55-4/h7-20,27-30,35,40-41,46H,6,21-26,31H2,1-5H3/t40-,41-,46-/m0/s1. The maximum absolute atomic E-state index is 13.9. The molecule has 322 valence electrons. The van der Waals surface area contributed by atoms with E-state index in [0.29, 0.717) is 47.6 Å². The molecule has 5 aromatic carbocycles. The van der Waals surface area contributed by atoms with Crippen LogP contribution >= 0.6 is 8.03 Å². The van der Waals surface area contributed by atoms with Gasteiger partial charge in [0.05, 0.1) is 40.1 Å². The van der Waals surface area contributed by atoms with Gasteiger partial charge in [-0.1, -0.05) is 96.4 Å². The first-order valence-electron chi connectivity index (χ1n) is 20.4. The van der Waals surface area contributed by atoms with Crippen molar-refractivity contribution in [2.75, 3.05) is 33.7 Å². The minimum absolute atomic E-state index is 0.0353. The van der Waals surface area contributed by atoms with Crippen LogP contribution in [0.2, 0.25) is 0 Å². The zero-order chi connectivity index (χ0) is 43.5. The van der Waals surface area contributed by atoms with Gasteiger partial charge in [0.1, 0.15) is 16.4 Å². The van der Waals surface area contributed by atoms with Crippen molar-refractivity contribution in [3.8, 4) is 39.9 Å². The number of carbonyl (C=O) groups is 1. The van der Waals surface area contributed by atoms with Gasteiger partial charge in [0.25, 0.3) is 5.85 Å². The predicted molar refractivity (Wildman–Crippen MR) is 233 cm³/mol. The van der Waals surface area contributed by atoms with Crippen LogP contribution < -0.4 is 28.6 Å². The van der Waals surface area contributed by atoms with Crippen LogP contribution in [0, 0.1) is 5.92 Å². The lowest BCUT2D eigenvalue weighted by Gasteiger charge is -2.23. The molecule has 11 nitrogen and oxygen atoms in total. The van der Waals surface area contributed by atoms with E-state index < -0.39 is 35.2 Å². The van der Waals surface area contributed by atoms with E-state index >= 15 is 0 Å². The van der Waals surface area contributed by atoms with E-state index in [1.54, 1.807) is 27.4 Å². The third kappa shape index (κ3) is 11.6. The summed E-state index contributed by atoms with van der Waals surface area (Å²) in [6.07, 6.45) is 2.91. The van der Waals surface area contributed by atoms with Gasteiger partial charge in [-0.3, -0.25) is 4.79 Å². The molecule has 13 heteroatoms. The molecular weight excluding hydrogens is 816 g/mol. The fourth-order valence-corrected chi connectivity index (χ4v) is 9.91. The third-order valence-electron chi connectivity index (χ3n) is 10.7. The van der Waals surface area contributed by atoms with E-state index in [1.165, 1.54) is 13.0 Å². The first-order valence-corrected chi connectivity index (χ1v) is 23.3. The number of hydrogen-bond acceptors (Lipinski definition) is 11. The number of methoxy groups -OCH3 is 3. The van der Waals surface area contributed by atoms with Crippen molar-refractivity contribution in [1.82, 2.24) is 0 Å². The monoisotopic (exact) mass is 868 g/mol. The second-order valence-electron chi connectivity index (χ2n) is 15.2. The molecule has 0 aromatic heterocycles. The molecule has 0 bridgehead atoms. The molecule has 1 fully saturated rings. The summed E-state index contributed by atoms with van der Waals surface area (Å²) >= 11 is 0. The van der Waals surface area contributed by atoms with E-state index in [-0.39, 0.29) is 47.5 Å². The van der Waals surface area contributed by atoms with Crippen LogP contribution in [0.3, 0.4) is 0 Å². The molecule has 0 N–H and O–H groups in total. The van der Waals surface area contributed by atoms with Crippen LogP contribution in [-0.4, -0.2) is 53.7 Å². The maximum Gasteiger partial charge on any atom is 0.354 e. The number of ether oxygens (including phenoxy) is 6. The van der Waals surface area contributed by atoms with Crippen LogP contribution in [0.25, 0.3) is 11.1 Å². The molecule has 0 aliphatic carbocycles. The van der Waals surface area contributed by atoms with Gasteiger partial charge >= 0.3 is 8.03 Å². The van der Waals surface area contributed by atoms with Gasteiger partial charge in [-0.2, -0.15) is 0 Å². The molecular formula is C48H53O11PS. The predicted octanol–water partition coefficient (Wildman–Crippen LogP) is 9.42. The average Bonchev–Trinajstić information content (AvgIpc) is 3.76. The molecule has 0 amide bonds. The SMILES string of the molecule is CCCOc1c(O[C@H](CC(Cc2ccccc2)Cc2ccccc2)[P+](=O)[O-])cc(-c2ccc([C@@H]3CC[C@@H](c4cc(OC)c(OC)c(OC)c4)O3)cc2)cc1S(=O)(=O)CC(C)=O. The number of rotatable bonds is 21. The first-order chi connectivity index (χ1) is 29.4. The Morgan fingerprint density at radius 2 is 1.33 bits per heavy atom. The Morgan fingerprint density at radius 3 is 1.84 bits per heavy atom. The van der Waals surface area contributed by atoms with Gasteiger partial charge < -0.3 is 33.3 Å². The Labute approximate surface area is 359 Å². The van der Waals surface area contributed by atoms with Crippen molar-refractivity contribution < 1.29 is 51.1 Å². The smallest absolute Gasteiger partial charge is 0.354 e. The molecule has 61 heavy (non-hydrogen) atoms. The summed E-state index contributed by atoms with van der Waals surface area (Å²) in [6.45, 7) is 3.21. The van der Waals surface area contributed by atoms with Crippen molar-refractivity contribution in [3.05, 3.63) is 131 Å². The highest BCUT2D eigenvalue weighted by atomic mass is 32.2. The topological polar surface area (TPSA) is 147 Å². The fourth-order valence-electron chi connectivity index (χ4n) is 7.80. The van der Waals surface area contributed by atoms with E-state index in [0.717, 1.165) is 35.1 Å². The Balaban J connectivity index is 1.34. The molecule has 1 heterocycles. The lowest BCUT2D eigenvalue weighted by molar-refractivity contribution is -0.171. The average molecular weight is 869 g/mol. The lowest BCUT2D eigenvalue weighted by Crippen LogP contribution is -2.24. The third-order valence-corrected chi connectivity index (χ3v) is 13.2. The van der Waals surface area contributed by atoms with Crippen LogP contribution in [-0.2, 0) is 36.8 Å². The van der Waals surface area contributed by atoms with E-state index in [4.69, 9.17) is 28.4 Å². The minimum atomic E-state index is -4.25. The summed E-state index contributed by atoms with van der Waals surface area (Å²) in [4.78, 5) is 25.1. The van der Waals surface area contributed by atoms with Gasteiger partial charge in [-0.15, -0.1) is 0 Å². The normalized spacial score (nSPS) is 15.9. The number of ketones is 1. The highest BCUT2D eigenvalue weighted by molar-refractivity contribution is 7.92. The fraction of sp³-hybridized carbons (Fsp3) is 0.354. The van der Waals surface area contributed by atoms with Crippen molar-refractivity contribution in [2.24, 2.45) is 5.92 Å². The molecule has 0 radical (unpaired) electrons. The van der Waals surface area contributed by atoms with Crippen LogP contribution in [0.1, 0.15) is 74.0 Å². The number of benzene rings is 5. The number of Topliss-reactive ketones (excluding diaryl/α,β-unsaturated/α-hetero) is 1. The minimum Gasteiger partial charge on any atom is -0.593 e. The van der Waals surface area contributed by atoms with Crippen LogP contribution in [0.4, 0.5) is 0 Å². The van der Waals surface area contributed by atoms with Gasteiger partial charge in [-0.05, 0) is 103 Å². The quantitative estimate of drug-likeness (QED) is 0.0650. The highest BCUT2D eigenvalue weighted by Gasteiger charge is 2.34. The van der Waals surface area contributed by atoms with Gasteiger partial charge in [0.2, 0.25) is 5.75 Å². The zero-order valence-electron chi connectivity index (χ0n) is 35.2. The Morgan fingerprint density at radius 1 is 0.754 bits per heavy atom. The van der Waals surface area contributed by atoms with Gasteiger partial charge in [-0.25, -0.2) is 8.42 Å². The van der Waals surface area contributed by atoms with E-state index in [2.05, 4.69) is 0 Å². The molecule has 1 aliphatic heterocycles. The molecule has 1 saturated heterocycles. The zero-order valence-corrected chi connectivity index (χ0v) is 36.9. The van der Waals surface area contributed by atoms with Crippen molar-refractivity contribution in [1.29, 1.82) is 0 Å². The largest absolute Gasteiger partial charge is 0.593 e. The molecule has 1 aliphatic rings. The van der Waals surface area contributed by atoms with Gasteiger partial charge in [0.15, 0.2) is 32.8 Å². The molecule has 0 saturated carbocycles. The molecule has 5 aromatic rings. The number of carbonyl (C=O) groups excluding carboxylic acids is 1. The summed E-state index contributed by atoms with van der Waals surface area (Å²) in [5.74, 6) is -1.36. The summed E-state index contributed by atoms with van der Waals surface area (Å²) < 4.78 is 76.6. The molecule has 1 unspecified atom stereocenters. The maximum atomic E-state index is 13.9. The van der Waals surface area contributed by atoms with E-state index in [9.17, 15) is 22.7 Å². The summed E-state index contributed by atoms with van der Waals surface area (Å²) in [5, 5.41) is 0. The Kier molecular flexibility index (Phi) is 15.6. The second-order valence-corrected chi connectivity index (χ2v) is 18.3. The summed E-state index contributed by atoms with van der Waals surface area (Å²) in [6, 6.07) is 34.2. The molecule has 6 rings (SSSR count). The van der Waals surface area contributed by atoms with E-state index in [1.807, 2.05) is 104 Å². The second kappa shape index (κ2) is 21.0. The van der Waals surface area contributed by atoms with Crippen molar-refractivity contribution in [2.45, 2.75) is 75.3 Å². The summed E-state index contributed by atoms with van der Waals surface area (Å²) in [5.41, 5.74) is 5.02. The number of sulfone groups is 1. The highest BCUT2D eigenvalue weighted by Crippen LogP contribution is 2.47. The van der Waals surface area contributed by atoms with Crippen LogP contribution in [0.15, 0.2) is 114 Å². The van der Waals surface area contributed by atoms with Crippen LogP contribution in [0.5, 0.6) is 28.7 Å². The number of hydrogen-bond donors (Lipinski definition) is 0. The molecule has 4 atom stereocenters. The molecule has 0 spiro atoms. The lowest BCUT2D eigenvalue weighted by atomic mass is 9.90. The van der Waals surface area contributed by atoms with Crippen molar-refractivity contribution >= 4 is 23.6 Å². The Bertz CT molecular complexity index is 2300. The summed E-state index contributed by atoms with van der Waals surface area (Å²) in [7, 11) is -2.72. The Hall–Kier alpha value is -5.26. The van der Waals surface area contributed by atoms with Crippen molar-refractivity contribution in [3.63, 3.8) is 0 Å². The van der Waals surface area contributed by atoms with Gasteiger partial charge in [0, 0.05) is 6.42 Å².